The van der Waals surface area contributed by atoms with Gasteiger partial charge in [0.05, 0.1) is 12.6 Å². The molecule has 1 aromatic heterocycles. The van der Waals surface area contributed by atoms with E-state index in [9.17, 15) is 0 Å². The molecule has 2 N–H and O–H groups in total. The first kappa shape index (κ1) is 12.2. The molecule has 4 heteroatoms. The number of hydrogen-bond donors (Lipinski definition) is 2. The molecule has 1 aromatic carbocycles. The molecule has 3 heterocycles. The van der Waals surface area contributed by atoms with Crippen molar-refractivity contribution >= 4 is 16.6 Å². The van der Waals surface area contributed by atoms with Crippen LogP contribution in [0.15, 0.2) is 24.3 Å². The SMILES string of the molecule is CN(c1cccc2[nH]c(C3CCOC3)cc12)C1CNC1. The maximum atomic E-state index is 5.51. The van der Waals surface area contributed by atoms with E-state index in [1.807, 2.05) is 0 Å². The molecule has 0 spiro atoms. The highest BCUT2D eigenvalue weighted by molar-refractivity contribution is 5.93. The fourth-order valence-electron chi connectivity index (χ4n) is 3.21. The minimum Gasteiger partial charge on any atom is -0.381 e. The zero-order valence-corrected chi connectivity index (χ0v) is 11.9. The van der Waals surface area contributed by atoms with E-state index in [-0.39, 0.29) is 0 Å². The fraction of sp³-hybridized carbons (Fsp3) is 0.500. The van der Waals surface area contributed by atoms with Gasteiger partial charge >= 0.3 is 0 Å². The molecule has 0 aliphatic carbocycles. The molecule has 20 heavy (non-hydrogen) atoms. The second-order valence-electron chi connectivity index (χ2n) is 5.95. The van der Waals surface area contributed by atoms with Crippen molar-refractivity contribution in [3.05, 3.63) is 30.0 Å². The van der Waals surface area contributed by atoms with E-state index < -0.39 is 0 Å². The van der Waals surface area contributed by atoms with Crippen LogP contribution in [0.2, 0.25) is 0 Å². The van der Waals surface area contributed by atoms with Crippen LogP contribution in [-0.4, -0.2) is 44.4 Å². The molecule has 0 radical (unpaired) electrons. The summed E-state index contributed by atoms with van der Waals surface area (Å²) in [6.45, 7) is 3.91. The van der Waals surface area contributed by atoms with Crippen molar-refractivity contribution in [2.75, 3.05) is 38.3 Å². The van der Waals surface area contributed by atoms with Crippen molar-refractivity contribution < 1.29 is 4.74 Å². The van der Waals surface area contributed by atoms with Gasteiger partial charge in [-0.15, -0.1) is 0 Å². The third kappa shape index (κ3) is 1.91. The van der Waals surface area contributed by atoms with E-state index in [0.717, 1.165) is 32.7 Å². The Morgan fingerprint density at radius 1 is 1.30 bits per heavy atom. The smallest absolute Gasteiger partial charge is 0.0549 e. The van der Waals surface area contributed by atoms with E-state index in [4.69, 9.17) is 4.74 Å². The highest BCUT2D eigenvalue weighted by Gasteiger charge is 2.24. The van der Waals surface area contributed by atoms with Gasteiger partial charge in [-0.3, -0.25) is 0 Å². The first-order valence-electron chi connectivity index (χ1n) is 7.46. The van der Waals surface area contributed by atoms with Crippen molar-refractivity contribution in [2.24, 2.45) is 0 Å². The number of H-pyrrole nitrogens is 1. The average Bonchev–Trinajstić information content (AvgIpc) is 3.04. The summed E-state index contributed by atoms with van der Waals surface area (Å²) >= 11 is 0. The van der Waals surface area contributed by atoms with Crippen LogP contribution in [0.4, 0.5) is 5.69 Å². The summed E-state index contributed by atoms with van der Waals surface area (Å²) in [6.07, 6.45) is 1.13. The number of fused-ring (bicyclic) bond motifs is 1. The number of rotatable bonds is 3. The van der Waals surface area contributed by atoms with Crippen molar-refractivity contribution in [2.45, 2.75) is 18.4 Å². The highest BCUT2D eigenvalue weighted by Crippen LogP contribution is 2.33. The lowest BCUT2D eigenvalue weighted by atomic mass is 10.0. The maximum absolute atomic E-state index is 5.51. The van der Waals surface area contributed by atoms with Gasteiger partial charge in [0.25, 0.3) is 0 Å². The standard InChI is InChI=1S/C16H21N3O/c1-19(12-8-17-9-12)16-4-2-3-14-13(16)7-15(18-14)11-5-6-20-10-11/h2-4,7,11-12,17-18H,5-6,8-10H2,1H3. The third-order valence-electron chi connectivity index (χ3n) is 4.72. The molecule has 2 fully saturated rings. The Hall–Kier alpha value is -1.52. The van der Waals surface area contributed by atoms with E-state index in [2.05, 4.69) is 46.5 Å². The van der Waals surface area contributed by atoms with E-state index in [1.54, 1.807) is 0 Å². The number of aromatic amines is 1. The summed E-state index contributed by atoms with van der Waals surface area (Å²) in [5, 5.41) is 4.68. The summed E-state index contributed by atoms with van der Waals surface area (Å²) in [5.41, 5.74) is 3.89. The van der Waals surface area contributed by atoms with Gasteiger partial charge in [0, 0.05) is 54.9 Å². The van der Waals surface area contributed by atoms with Crippen LogP contribution in [0, 0.1) is 0 Å². The van der Waals surface area contributed by atoms with E-state index in [1.165, 1.54) is 22.3 Å². The number of ether oxygens (including phenoxy) is 1. The monoisotopic (exact) mass is 271 g/mol. The summed E-state index contributed by atoms with van der Waals surface area (Å²) < 4.78 is 5.51. The van der Waals surface area contributed by atoms with Gasteiger partial charge in [-0.2, -0.15) is 0 Å². The van der Waals surface area contributed by atoms with Crippen molar-refractivity contribution in [3.8, 4) is 0 Å². The summed E-state index contributed by atoms with van der Waals surface area (Å²) in [4.78, 5) is 5.99. The van der Waals surface area contributed by atoms with Gasteiger partial charge in [-0.05, 0) is 24.6 Å². The second kappa shape index (κ2) is 4.79. The van der Waals surface area contributed by atoms with Gasteiger partial charge in [-0.1, -0.05) is 6.07 Å². The van der Waals surface area contributed by atoms with E-state index in [0.29, 0.717) is 12.0 Å². The molecule has 106 valence electrons. The third-order valence-corrected chi connectivity index (χ3v) is 4.72. The Labute approximate surface area is 119 Å². The molecule has 0 saturated carbocycles. The van der Waals surface area contributed by atoms with Crippen LogP contribution in [0.1, 0.15) is 18.0 Å². The Balaban J connectivity index is 1.73. The number of benzene rings is 1. The lowest BCUT2D eigenvalue weighted by Gasteiger charge is -2.37. The Kier molecular flexibility index (Phi) is 2.93. The summed E-state index contributed by atoms with van der Waals surface area (Å²) in [7, 11) is 2.20. The maximum Gasteiger partial charge on any atom is 0.0549 e. The van der Waals surface area contributed by atoms with Crippen molar-refractivity contribution in [1.82, 2.24) is 10.3 Å². The van der Waals surface area contributed by atoms with Crippen molar-refractivity contribution in [3.63, 3.8) is 0 Å². The average molecular weight is 271 g/mol. The van der Waals surface area contributed by atoms with Gasteiger partial charge in [0.2, 0.25) is 0 Å². The first-order chi connectivity index (χ1) is 9.83. The normalized spacial score (nSPS) is 23.1. The number of hydrogen-bond acceptors (Lipinski definition) is 3. The Bertz CT molecular complexity index is 611. The largest absolute Gasteiger partial charge is 0.381 e. The van der Waals surface area contributed by atoms with Gasteiger partial charge in [-0.25, -0.2) is 0 Å². The number of aromatic nitrogens is 1. The van der Waals surface area contributed by atoms with Gasteiger partial charge in [0.1, 0.15) is 0 Å². The van der Waals surface area contributed by atoms with Crippen LogP contribution >= 0.6 is 0 Å². The summed E-state index contributed by atoms with van der Waals surface area (Å²) in [5.74, 6) is 0.533. The molecule has 1 unspecified atom stereocenters. The Morgan fingerprint density at radius 3 is 2.90 bits per heavy atom. The van der Waals surface area contributed by atoms with Gasteiger partial charge in [0.15, 0.2) is 0 Å². The van der Waals surface area contributed by atoms with Crippen LogP contribution < -0.4 is 10.2 Å². The first-order valence-corrected chi connectivity index (χ1v) is 7.46. The highest BCUT2D eigenvalue weighted by atomic mass is 16.5. The predicted octanol–water partition coefficient (Wildman–Crippen LogP) is 2.08. The fourth-order valence-corrected chi connectivity index (χ4v) is 3.21. The molecule has 0 bridgehead atoms. The quantitative estimate of drug-likeness (QED) is 0.898. The lowest BCUT2D eigenvalue weighted by molar-refractivity contribution is 0.193. The minimum atomic E-state index is 0.533. The van der Waals surface area contributed by atoms with Crippen LogP contribution in [0.25, 0.3) is 10.9 Å². The number of likely N-dealkylation sites (N-methyl/N-ethyl adjacent to an activating group) is 1. The molecule has 4 nitrogen and oxygen atoms in total. The van der Waals surface area contributed by atoms with Gasteiger partial charge < -0.3 is 19.9 Å². The number of nitrogens with zero attached hydrogens (tertiary/aromatic N) is 1. The van der Waals surface area contributed by atoms with E-state index >= 15 is 0 Å². The molecule has 2 aromatic rings. The summed E-state index contributed by atoms with van der Waals surface area (Å²) in [6, 6.07) is 9.49. The molecule has 1 atom stereocenters. The topological polar surface area (TPSA) is 40.3 Å². The van der Waals surface area contributed by atoms with Crippen molar-refractivity contribution in [1.29, 1.82) is 0 Å². The van der Waals surface area contributed by atoms with Crippen LogP contribution in [0.3, 0.4) is 0 Å². The zero-order valence-electron chi connectivity index (χ0n) is 11.9. The number of anilines is 1. The minimum absolute atomic E-state index is 0.533. The lowest BCUT2D eigenvalue weighted by Crippen LogP contribution is -2.56. The molecular formula is C16H21N3O. The molecule has 2 aliphatic rings. The second-order valence-corrected chi connectivity index (χ2v) is 5.95. The molecule has 0 amide bonds. The zero-order chi connectivity index (χ0) is 13.5. The van der Waals surface area contributed by atoms with Crippen LogP contribution in [0.5, 0.6) is 0 Å². The molecule has 2 saturated heterocycles. The number of nitrogens with one attached hydrogen (secondary N) is 2. The van der Waals surface area contributed by atoms with Crippen LogP contribution in [-0.2, 0) is 4.74 Å². The molecule has 2 aliphatic heterocycles. The predicted molar refractivity (Wildman–Crippen MR) is 81.5 cm³/mol. The Morgan fingerprint density at radius 2 is 2.20 bits per heavy atom. The molecule has 4 rings (SSSR count). The molecular weight excluding hydrogens is 250 g/mol.